The van der Waals surface area contributed by atoms with Crippen molar-refractivity contribution >= 4 is 27.4 Å². The van der Waals surface area contributed by atoms with Crippen molar-refractivity contribution in [3.63, 3.8) is 0 Å². The molecule has 0 bridgehead atoms. The Kier molecular flexibility index (Phi) is 4.56. The number of rotatable bonds is 4. The molecule has 4 heteroatoms. The van der Waals surface area contributed by atoms with Gasteiger partial charge in [0, 0.05) is 23.1 Å². The third kappa shape index (κ3) is 3.20. The molecule has 0 saturated heterocycles. The van der Waals surface area contributed by atoms with E-state index in [1.165, 1.54) is 43.4 Å². The van der Waals surface area contributed by atoms with Gasteiger partial charge in [-0.15, -0.1) is 0 Å². The van der Waals surface area contributed by atoms with E-state index in [1.807, 2.05) is 0 Å². The lowest BCUT2D eigenvalue weighted by Gasteiger charge is -2.21. The van der Waals surface area contributed by atoms with E-state index in [9.17, 15) is 0 Å². The van der Waals surface area contributed by atoms with Crippen LogP contribution in [0.2, 0.25) is 0 Å². The molecule has 0 amide bonds. The molecule has 1 fully saturated rings. The van der Waals surface area contributed by atoms with Crippen LogP contribution in [0, 0.1) is 0 Å². The summed E-state index contributed by atoms with van der Waals surface area (Å²) in [5.74, 6) is 1.73. The summed E-state index contributed by atoms with van der Waals surface area (Å²) in [5.41, 5.74) is 3.55. The number of pyridine rings is 1. The zero-order valence-electron chi connectivity index (χ0n) is 13.7. The second-order valence-electron chi connectivity index (χ2n) is 6.60. The summed E-state index contributed by atoms with van der Waals surface area (Å²) in [6.45, 7) is 0.820. The van der Waals surface area contributed by atoms with Gasteiger partial charge in [0.05, 0.1) is 5.69 Å². The van der Waals surface area contributed by atoms with Gasteiger partial charge in [0.1, 0.15) is 11.5 Å². The Labute approximate surface area is 151 Å². The van der Waals surface area contributed by atoms with Gasteiger partial charge in [0.15, 0.2) is 0 Å². The molecule has 0 spiro atoms. The van der Waals surface area contributed by atoms with Crippen molar-refractivity contribution in [1.29, 1.82) is 0 Å². The van der Waals surface area contributed by atoms with Gasteiger partial charge in [-0.3, -0.25) is 4.40 Å². The minimum Gasteiger partial charge on any atom is -0.366 e. The van der Waals surface area contributed by atoms with Crippen LogP contribution in [0.1, 0.15) is 49.3 Å². The quantitative estimate of drug-likeness (QED) is 0.620. The average molecular weight is 384 g/mol. The molecule has 1 aliphatic carbocycles. The van der Waals surface area contributed by atoms with E-state index in [2.05, 4.69) is 74.3 Å². The van der Waals surface area contributed by atoms with Crippen LogP contribution < -0.4 is 5.32 Å². The molecule has 1 N–H and O–H groups in total. The zero-order chi connectivity index (χ0) is 16.4. The number of hydrogen-bond donors (Lipinski definition) is 1. The molecular weight excluding hydrogens is 362 g/mol. The number of hydrogen-bond acceptors (Lipinski definition) is 2. The Bertz CT molecular complexity index is 820. The van der Waals surface area contributed by atoms with E-state index in [4.69, 9.17) is 4.98 Å². The van der Waals surface area contributed by atoms with E-state index in [-0.39, 0.29) is 0 Å². The van der Waals surface area contributed by atoms with E-state index >= 15 is 0 Å². The Morgan fingerprint density at radius 3 is 2.62 bits per heavy atom. The first-order valence-electron chi connectivity index (χ1n) is 8.76. The number of imidazole rings is 1. The topological polar surface area (TPSA) is 29.3 Å². The summed E-state index contributed by atoms with van der Waals surface area (Å²) in [6.07, 6.45) is 8.63. The summed E-state index contributed by atoms with van der Waals surface area (Å²) in [5, 5.41) is 3.66. The standard InChI is InChI=1S/C20H22BrN3/c21-17-11-12-18-23-19(16-9-5-2-6-10-16)20(24(18)14-17)22-13-15-7-3-1-4-8-15/h1,3-4,7-8,11-12,14,16,22H,2,5-6,9-10,13H2. The molecule has 1 saturated carbocycles. The highest BCUT2D eigenvalue weighted by Crippen LogP contribution is 2.37. The summed E-state index contributed by atoms with van der Waals surface area (Å²) in [4.78, 5) is 4.97. The fraction of sp³-hybridized carbons (Fsp3) is 0.350. The van der Waals surface area contributed by atoms with E-state index in [0.717, 1.165) is 22.5 Å². The molecule has 0 unspecified atom stereocenters. The van der Waals surface area contributed by atoms with Gasteiger partial charge in [-0.05, 0) is 46.5 Å². The summed E-state index contributed by atoms with van der Waals surface area (Å²) < 4.78 is 3.27. The van der Waals surface area contributed by atoms with Gasteiger partial charge >= 0.3 is 0 Å². The minimum atomic E-state index is 0.579. The van der Waals surface area contributed by atoms with Crippen LogP contribution in [0.25, 0.3) is 5.65 Å². The number of fused-ring (bicyclic) bond motifs is 1. The molecule has 0 aliphatic heterocycles. The smallest absolute Gasteiger partial charge is 0.138 e. The van der Waals surface area contributed by atoms with E-state index in [1.54, 1.807) is 0 Å². The van der Waals surface area contributed by atoms with Crippen LogP contribution in [-0.2, 0) is 6.54 Å². The van der Waals surface area contributed by atoms with Crippen molar-refractivity contribution < 1.29 is 0 Å². The van der Waals surface area contributed by atoms with Crippen molar-refractivity contribution in [2.45, 2.75) is 44.6 Å². The van der Waals surface area contributed by atoms with Crippen LogP contribution in [0.5, 0.6) is 0 Å². The van der Waals surface area contributed by atoms with Gasteiger partial charge in [0.2, 0.25) is 0 Å². The maximum absolute atomic E-state index is 4.97. The highest BCUT2D eigenvalue weighted by Gasteiger charge is 2.23. The summed E-state index contributed by atoms with van der Waals surface area (Å²) >= 11 is 3.59. The molecule has 3 aromatic rings. The molecule has 0 radical (unpaired) electrons. The first kappa shape index (κ1) is 15.7. The molecule has 4 rings (SSSR count). The molecule has 24 heavy (non-hydrogen) atoms. The first-order valence-corrected chi connectivity index (χ1v) is 9.56. The number of aromatic nitrogens is 2. The van der Waals surface area contributed by atoms with Gasteiger partial charge in [-0.25, -0.2) is 4.98 Å². The van der Waals surface area contributed by atoms with Crippen LogP contribution in [0.3, 0.4) is 0 Å². The number of anilines is 1. The van der Waals surface area contributed by atoms with Crippen molar-refractivity contribution in [2.24, 2.45) is 0 Å². The highest BCUT2D eigenvalue weighted by atomic mass is 79.9. The van der Waals surface area contributed by atoms with E-state index < -0.39 is 0 Å². The van der Waals surface area contributed by atoms with Gasteiger partial charge in [-0.1, -0.05) is 49.6 Å². The molecular formula is C20H22BrN3. The largest absolute Gasteiger partial charge is 0.366 e. The van der Waals surface area contributed by atoms with Crippen molar-refractivity contribution in [2.75, 3.05) is 5.32 Å². The van der Waals surface area contributed by atoms with Crippen molar-refractivity contribution in [3.05, 3.63) is 64.4 Å². The average Bonchev–Trinajstić information content (AvgIpc) is 2.99. The van der Waals surface area contributed by atoms with Crippen LogP contribution in [0.4, 0.5) is 5.82 Å². The second kappa shape index (κ2) is 6.98. The lowest BCUT2D eigenvalue weighted by molar-refractivity contribution is 0.438. The fourth-order valence-corrected chi connectivity index (χ4v) is 3.99. The lowest BCUT2D eigenvalue weighted by atomic mass is 9.87. The minimum absolute atomic E-state index is 0.579. The predicted molar refractivity (Wildman–Crippen MR) is 102 cm³/mol. The third-order valence-electron chi connectivity index (χ3n) is 4.90. The SMILES string of the molecule is Brc1ccc2nc(C3CCCCC3)c(NCc3ccccc3)n2c1. The van der Waals surface area contributed by atoms with Gasteiger partial charge in [0.25, 0.3) is 0 Å². The highest BCUT2D eigenvalue weighted by molar-refractivity contribution is 9.10. The normalized spacial score (nSPS) is 15.7. The Morgan fingerprint density at radius 2 is 1.83 bits per heavy atom. The number of nitrogens with zero attached hydrogens (tertiary/aromatic N) is 2. The lowest BCUT2D eigenvalue weighted by Crippen LogP contribution is -2.10. The zero-order valence-corrected chi connectivity index (χ0v) is 15.3. The fourth-order valence-electron chi connectivity index (χ4n) is 3.65. The summed E-state index contributed by atoms with van der Waals surface area (Å²) in [6, 6.07) is 14.7. The van der Waals surface area contributed by atoms with Crippen molar-refractivity contribution in [3.8, 4) is 0 Å². The Hall–Kier alpha value is -1.81. The Morgan fingerprint density at radius 1 is 1.04 bits per heavy atom. The maximum atomic E-state index is 4.97. The number of benzene rings is 1. The Balaban J connectivity index is 1.70. The molecule has 0 atom stereocenters. The van der Waals surface area contributed by atoms with E-state index in [0.29, 0.717) is 5.92 Å². The molecule has 3 nitrogen and oxygen atoms in total. The molecule has 1 aliphatic rings. The monoisotopic (exact) mass is 383 g/mol. The van der Waals surface area contributed by atoms with Gasteiger partial charge in [-0.2, -0.15) is 0 Å². The van der Waals surface area contributed by atoms with Crippen molar-refractivity contribution in [1.82, 2.24) is 9.38 Å². The van der Waals surface area contributed by atoms with Crippen LogP contribution >= 0.6 is 15.9 Å². The third-order valence-corrected chi connectivity index (χ3v) is 5.37. The molecule has 2 aromatic heterocycles. The van der Waals surface area contributed by atoms with Crippen LogP contribution in [-0.4, -0.2) is 9.38 Å². The molecule has 2 heterocycles. The molecule has 1 aromatic carbocycles. The predicted octanol–water partition coefficient (Wildman–Crippen LogP) is 5.76. The van der Waals surface area contributed by atoms with Crippen LogP contribution in [0.15, 0.2) is 53.1 Å². The molecule has 124 valence electrons. The summed E-state index contributed by atoms with van der Waals surface area (Å²) in [7, 11) is 0. The number of nitrogens with one attached hydrogen (secondary N) is 1. The second-order valence-corrected chi connectivity index (χ2v) is 7.51. The van der Waals surface area contributed by atoms with Gasteiger partial charge < -0.3 is 5.32 Å². The maximum Gasteiger partial charge on any atom is 0.138 e. The first-order chi connectivity index (χ1) is 11.8. The number of halogens is 1.